The van der Waals surface area contributed by atoms with Crippen LogP contribution in [0.15, 0.2) is 0 Å². The third kappa shape index (κ3) is 12.9. The smallest absolute Gasteiger partial charge is 0.318 e. The molecule has 7 heteroatoms. The van der Waals surface area contributed by atoms with Gasteiger partial charge >= 0.3 is 5.97 Å². The second-order valence-corrected chi connectivity index (χ2v) is 8.90. The number of esters is 1. The van der Waals surface area contributed by atoms with Crippen LogP contribution < -0.4 is 0 Å². The number of methoxy groups -OCH3 is 1. The number of hydrogen-bond donors (Lipinski definition) is 1. The van der Waals surface area contributed by atoms with Gasteiger partial charge in [-0.15, -0.1) is 11.8 Å². The fourth-order valence-electron chi connectivity index (χ4n) is 1.92. The Hall–Kier alpha value is -0.340. The van der Waals surface area contributed by atoms with Crippen LogP contribution in [0.1, 0.15) is 54.4 Å². The highest BCUT2D eigenvalue weighted by molar-refractivity contribution is 8.00. The van der Waals surface area contributed by atoms with Crippen LogP contribution in [0.3, 0.4) is 0 Å². The van der Waals surface area contributed by atoms with Gasteiger partial charge in [0.25, 0.3) is 0 Å². The standard InChI is InChI=1S/C19H38O6S/c1-8-24-17(21)15(2)26-14-16(20)13-23-11-9-19(5,6)25-12-10-18(3,4)22-7/h15-16,20H,8-14H2,1-7H3. The molecule has 0 radical (unpaired) electrons. The van der Waals surface area contributed by atoms with Crippen molar-refractivity contribution in [1.82, 2.24) is 0 Å². The number of aliphatic hydroxyl groups excluding tert-OH is 1. The fourth-order valence-corrected chi connectivity index (χ4v) is 2.73. The lowest BCUT2D eigenvalue weighted by Crippen LogP contribution is -2.31. The van der Waals surface area contributed by atoms with E-state index < -0.39 is 6.10 Å². The molecule has 0 fully saturated rings. The first-order valence-corrected chi connectivity index (χ1v) is 10.3. The second-order valence-electron chi connectivity index (χ2n) is 7.53. The monoisotopic (exact) mass is 394 g/mol. The van der Waals surface area contributed by atoms with Crippen LogP contribution >= 0.6 is 11.8 Å². The van der Waals surface area contributed by atoms with Crippen LogP contribution in [-0.4, -0.2) is 72.9 Å². The van der Waals surface area contributed by atoms with Crippen molar-refractivity contribution in [2.45, 2.75) is 76.9 Å². The SMILES string of the molecule is CCOC(=O)C(C)SCC(O)COCCC(C)(C)OCCC(C)(C)OC. The van der Waals surface area contributed by atoms with Crippen molar-refractivity contribution < 1.29 is 28.8 Å². The summed E-state index contributed by atoms with van der Waals surface area (Å²) in [6.07, 6.45) is 0.949. The Balaban J connectivity index is 3.86. The molecular weight excluding hydrogens is 356 g/mol. The zero-order valence-corrected chi connectivity index (χ0v) is 18.3. The zero-order valence-electron chi connectivity index (χ0n) is 17.5. The van der Waals surface area contributed by atoms with E-state index in [2.05, 4.69) is 0 Å². The lowest BCUT2D eigenvalue weighted by atomic mass is 10.0. The van der Waals surface area contributed by atoms with Gasteiger partial charge in [0.2, 0.25) is 0 Å². The number of thioether (sulfide) groups is 1. The Morgan fingerprint density at radius 2 is 1.73 bits per heavy atom. The highest BCUT2D eigenvalue weighted by Crippen LogP contribution is 2.19. The molecule has 0 aliphatic heterocycles. The minimum atomic E-state index is -0.608. The van der Waals surface area contributed by atoms with Gasteiger partial charge in [-0.2, -0.15) is 0 Å². The number of rotatable bonds is 15. The van der Waals surface area contributed by atoms with Gasteiger partial charge in [-0.05, 0) is 54.4 Å². The van der Waals surface area contributed by atoms with Crippen molar-refractivity contribution in [3.8, 4) is 0 Å². The summed E-state index contributed by atoms with van der Waals surface area (Å²) in [4.78, 5) is 11.5. The highest BCUT2D eigenvalue weighted by atomic mass is 32.2. The fraction of sp³-hybridized carbons (Fsp3) is 0.947. The highest BCUT2D eigenvalue weighted by Gasteiger charge is 2.22. The predicted octanol–water partition coefficient (Wildman–Crippen LogP) is 3.05. The first-order chi connectivity index (χ1) is 12.0. The molecule has 0 aromatic carbocycles. The summed E-state index contributed by atoms with van der Waals surface area (Å²) in [6, 6.07) is 0. The molecule has 0 aliphatic rings. The Bertz CT molecular complexity index is 386. The van der Waals surface area contributed by atoms with E-state index in [0.717, 1.165) is 12.8 Å². The van der Waals surface area contributed by atoms with Crippen molar-refractivity contribution in [1.29, 1.82) is 0 Å². The van der Waals surface area contributed by atoms with Crippen LogP contribution in [-0.2, 0) is 23.7 Å². The van der Waals surface area contributed by atoms with Crippen molar-refractivity contribution in [3.05, 3.63) is 0 Å². The molecule has 2 unspecified atom stereocenters. The average Bonchev–Trinajstić information content (AvgIpc) is 2.56. The maximum Gasteiger partial charge on any atom is 0.318 e. The summed E-state index contributed by atoms with van der Waals surface area (Å²) in [5.41, 5.74) is -0.475. The quantitative estimate of drug-likeness (QED) is 0.338. The van der Waals surface area contributed by atoms with Crippen molar-refractivity contribution in [3.63, 3.8) is 0 Å². The molecule has 0 saturated heterocycles. The van der Waals surface area contributed by atoms with Gasteiger partial charge in [0.15, 0.2) is 0 Å². The van der Waals surface area contributed by atoms with Gasteiger partial charge in [-0.3, -0.25) is 4.79 Å². The van der Waals surface area contributed by atoms with Gasteiger partial charge in [-0.25, -0.2) is 0 Å². The zero-order chi connectivity index (χ0) is 20.2. The van der Waals surface area contributed by atoms with Gasteiger partial charge in [0, 0.05) is 19.5 Å². The number of carbonyl (C=O) groups is 1. The molecule has 0 heterocycles. The Kier molecular flexibility index (Phi) is 12.8. The van der Waals surface area contributed by atoms with E-state index >= 15 is 0 Å². The van der Waals surface area contributed by atoms with Crippen LogP contribution in [0.4, 0.5) is 0 Å². The van der Waals surface area contributed by atoms with E-state index in [1.165, 1.54) is 11.8 Å². The summed E-state index contributed by atoms with van der Waals surface area (Å²) >= 11 is 1.37. The van der Waals surface area contributed by atoms with Gasteiger partial charge in [0.05, 0.1) is 42.4 Å². The van der Waals surface area contributed by atoms with Crippen LogP contribution in [0.25, 0.3) is 0 Å². The number of carbonyl (C=O) groups excluding carboxylic acids is 1. The van der Waals surface area contributed by atoms with E-state index in [1.54, 1.807) is 21.0 Å². The van der Waals surface area contributed by atoms with E-state index in [0.29, 0.717) is 25.6 Å². The van der Waals surface area contributed by atoms with E-state index in [-0.39, 0.29) is 29.0 Å². The molecule has 0 aliphatic carbocycles. The van der Waals surface area contributed by atoms with Crippen molar-refractivity contribution in [2.24, 2.45) is 0 Å². The van der Waals surface area contributed by atoms with Crippen molar-refractivity contribution in [2.75, 3.05) is 39.3 Å². The Labute approximate surface area is 163 Å². The van der Waals surface area contributed by atoms with Crippen molar-refractivity contribution >= 4 is 17.7 Å². The maximum absolute atomic E-state index is 11.5. The molecule has 0 amide bonds. The Morgan fingerprint density at radius 3 is 2.31 bits per heavy atom. The summed E-state index contributed by atoms with van der Waals surface area (Å²) in [5.74, 6) is 0.188. The average molecular weight is 395 g/mol. The molecule has 1 N–H and O–H groups in total. The molecule has 2 atom stereocenters. The number of hydrogen-bond acceptors (Lipinski definition) is 7. The van der Waals surface area contributed by atoms with E-state index in [9.17, 15) is 9.90 Å². The van der Waals surface area contributed by atoms with Gasteiger partial charge in [-0.1, -0.05) is 0 Å². The summed E-state index contributed by atoms with van der Waals surface area (Å²) in [7, 11) is 1.70. The largest absolute Gasteiger partial charge is 0.465 e. The lowest BCUT2D eigenvalue weighted by molar-refractivity contribution is -0.142. The molecule has 0 aromatic heterocycles. The molecular formula is C19H38O6S. The molecule has 6 nitrogen and oxygen atoms in total. The van der Waals surface area contributed by atoms with E-state index in [1.807, 2.05) is 27.7 Å². The first kappa shape index (κ1) is 25.7. The van der Waals surface area contributed by atoms with E-state index in [4.69, 9.17) is 18.9 Å². The third-order valence-electron chi connectivity index (χ3n) is 4.07. The number of ether oxygens (including phenoxy) is 4. The molecule has 0 aromatic rings. The molecule has 0 bridgehead atoms. The minimum Gasteiger partial charge on any atom is -0.465 e. The predicted molar refractivity (Wildman–Crippen MR) is 106 cm³/mol. The topological polar surface area (TPSA) is 74.2 Å². The Morgan fingerprint density at radius 1 is 1.12 bits per heavy atom. The lowest BCUT2D eigenvalue weighted by Gasteiger charge is -2.29. The summed E-state index contributed by atoms with van der Waals surface area (Å²) in [5, 5.41) is 9.67. The first-order valence-electron chi connectivity index (χ1n) is 9.26. The summed E-state index contributed by atoms with van der Waals surface area (Å²) in [6.45, 7) is 13.4. The second kappa shape index (κ2) is 12.9. The molecule has 0 rings (SSSR count). The molecule has 156 valence electrons. The maximum atomic E-state index is 11.5. The molecule has 0 spiro atoms. The van der Waals surface area contributed by atoms with Crippen LogP contribution in [0.2, 0.25) is 0 Å². The third-order valence-corrected chi connectivity index (χ3v) is 5.34. The van der Waals surface area contributed by atoms with Crippen LogP contribution in [0, 0.1) is 0 Å². The minimum absolute atomic E-state index is 0.185. The van der Waals surface area contributed by atoms with Gasteiger partial charge in [0.1, 0.15) is 0 Å². The number of aliphatic hydroxyl groups is 1. The molecule has 26 heavy (non-hydrogen) atoms. The van der Waals surface area contributed by atoms with Crippen LogP contribution in [0.5, 0.6) is 0 Å². The summed E-state index contributed by atoms with van der Waals surface area (Å²) < 4.78 is 21.8. The van der Waals surface area contributed by atoms with Gasteiger partial charge < -0.3 is 24.1 Å². The normalized spacial score (nSPS) is 14.9. The molecule has 0 saturated carbocycles.